The van der Waals surface area contributed by atoms with Gasteiger partial charge in [0.15, 0.2) is 0 Å². The highest BCUT2D eigenvalue weighted by atomic mass is 16.5. The molecule has 2 N–H and O–H groups in total. The smallest absolute Gasteiger partial charge is 0.0954 e. The Morgan fingerprint density at radius 2 is 1.90 bits per heavy atom. The number of nitrogens with zero attached hydrogens (tertiary/aromatic N) is 2. The third-order valence-electron chi connectivity index (χ3n) is 4.64. The van der Waals surface area contributed by atoms with E-state index in [1.165, 1.54) is 30.6 Å². The number of rotatable bonds is 4. The molecule has 0 aromatic heterocycles. The van der Waals surface area contributed by atoms with E-state index >= 15 is 0 Å². The standard InChI is InChI=1S/C17H27N3O/c18-7-10-19-8-3-9-20(12-11-19)14-17-16-5-2-1-4-15(16)6-13-21-17/h1-2,4-5,17H,3,6-14,18H2. The molecule has 0 radical (unpaired) electrons. The summed E-state index contributed by atoms with van der Waals surface area (Å²) in [7, 11) is 0. The van der Waals surface area contributed by atoms with Crippen LogP contribution in [0, 0.1) is 0 Å². The van der Waals surface area contributed by atoms with Crippen molar-refractivity contribution >= 4 is 0 Å². The molecule has 0 amide bonds. The molecule has 0 bridgehead atoms. The molecule has 1 unspecified atom stereocenters. The fraction of sp³-hybridized carbons (Fsp3) is 0.647. The molecule has 0 aliphatic carbocycles. The molecule has 1 aromatic carbocycles. The Balaban J connectivity index is 1.60. The normalized spacial score (nSPS) is 24.5. The number of benzene rings is 1. The Labute approximate surface area is 127 Å². The molecule has 3 rings (SSSR count). The number of hydrogen-bond donors (Lipinski definition) is 1. The van der Waals surface area contributed by atoms with Gasteiger partial charge in [0, 0.05) is 32.7 Å². The van der Waals surface area contributed by atoms with Crippen molar-refractivity contribution in [2.24, 2.45) is 5.73 Å². The van der Waals surface area contributed by atoms with E-state index in [0.29, 0.717) is 0 Å². The summed E-state index contributed by atoms with van der Waals surface area (Å²) in [5, 5.41) is 0. The van der Waals surface area contributed by atoms with Crippen molar-refractivity contribution in [3.63, 3.8) is 0 Å². The van der Waals surface area contributed by atoms with Gasteiger partial charge in [0.25, 0.3) is 0 Å². The number of hydrogen-bond acceptors (Lipinski definition) is 4. The molecule has 4 nitrogen and oxygen atoms in total. The zero-order chi connectivity index (χ0) is 14.5. The second-order valence-corrected chi connectivity index (χ2v) is 6.09. The Kier molecular flexibility index (Phi) is 5.25. The molecule has 2 aliphatic heterocycles. The topological polar surface area (TPSA) is 41.7 Å². The van der Waals surface area contributed by atoms with Crippen LogP contribution in [0.4, 0.5) is 0 Å². The first-order valence-corrected chi connectivity index (χ1v) is 8.21. The van der Waals surface area contributed by atoms with Gasteiger partial charge in [-0.25, -0.2) is 0 Å². The molecule has 0 spiro atoms. The third kappa shape index (κ3) is 3.83. The molecule has 1 saturated heterocycles. The summed E-state index contributed by atoms with van der Waals surface area (Å²) >= 11 is 0. The molecule has 116 valence electrons. The molecule has 4 heteroatoms. The maximum atomic E-state index is 6.05. The van der Waals surface area contributed by atoms with Crippen LogP contribution in [-0.2, 0) is 11.2 Å². The molecule has 0 saturated carbocycles. The maximum absolute atomic E-state index is 6.05. The van der Waals surface area contributed by atoms with Crippen molar-refractivity contribution < 1.29 is 4.74 Å². The van der Waals surface area contributed by atoms with E-state index < -0.39 is 0 Å². The molecule has 1 atom stereocenters. The van der Waals surface area contributed by atoms with E-state index in [1.54, 1.807) is 0 Å². The lowest BCUT2D eigenvalue weighted by Gasteiger charge is -2.31. The van der Waals surface area contributed by atoms with Crippen LogP contribution < -0.4 is 5.73 Å². The molecule has 21 heavy (non-hydrogen) atoms. The first-order chi connectivity index (χ1) is 10.4. The Hall–Kier alpha value is -0.940. The van der Waals surface area contributed by atoms with Gasteiger partial charge in [-0.1, -0.05) is 24.3 Å². The van der Waals surface area contributed by atoms with Crippen molar-refractivity contribution in [1.82, 2.24) is 9.80 Å². The van der Waals surface area contributed by atoms with Crippen molar-refractivity contribution in [1.29, 1.82) is 0 Å². The highest BCUT2D eigenvalue weighted by Crippen LogP contribution is 2.27. The van der Waals surface area contributed by atoms with Gasteiger partial charge in [0.1, 0.15) is 0 Å². The largest absolute Gasteiger partial charge is 0.372 e. The highest BCUT2D eigenvalue weighted by Gasteiger charge is 2.24. The molecular formula is C17H27N3O. The van der Waals surface area contributed by atoms with Crippen molar-refractivity contribution in [2.75, 3.05) is 52.4 Å². The fourth-order valence-electron chi connectivity index (χ4n) is 3.48. The van der Waals surface area contributed by atoms with E-state index in [1.807, 2.05) is 0 Å². The van der Waals surface area contributed by atoms with Crippen LogP contribution in [0.3, 0.4) is 0 Å². The lowest BCUT2D eigenvalue weighted by atomic mass is 9.97. The summed E-state index contributed by atoms with van der Waals surface area (Å²) in [6.07, 6.45) is 2.53. The zero-order valence-corrected chi connectivity index (χ0v) is 12.8. The Morgan fingerprint density at radius 1 is 1.10 bits per heavy atom. The summed E-state index contributed by atoms with van der Waals surface area (Å²) in [5.41, 5.74) is 8.53. The number of nitrogens with two attached hydrogens (primary N) is 1. The SMILES string of the molecule is NCCN1CCCN(CC2OCCc3ccccc32)CC1. The van der Waals surface area contributed by atoms with Gasteiger partial charge in [0.2, 0.25) is 0 Å². The molecule has 2 aliphatic rings. The summed E-state index contributed by atoms with van der Waals surface area (Å²) in [6.45, 7) is 8.27. The van der Waals surface area contributed by atoms with Crippen LogP contribution in [0.1, 0.15) is 23.7 Å². The third-order valence-corrected chi connectivity index (χ3v) is 4.64. The van der Waals surface area contributed by atoms with Crippen molar-refractivity contribution in [3.05, 3.63) is 35.4 Å². The minimum Gasteiger partial charge on any atom is -0.372 e. The minimum atomic E-state index is 0.246. The minimum absolute atomic E-state index is 0.246. The molecule has 1 fully saturated rings. The second kappa shape index (κ2) is 7.36. The van der Waals surface area contributed by atoms with Crippen LogP contribution in [0.2, 0.25) is 0 Å². The van der Waals surface area contributed by atoms with Crippen LogP contribution >= 0.6 is 0 Å². The van der Waals surface area contributed by atoms with Gasteiger partial charge >= 0.3 is 0 Å². The quantitative estimate of drug-likeness (QED) is 0.906. The highest BCUT2D eigenvalue weighted by molar-refractivity contribution is 5.31. The van der Waals surface area contributed by atoms with E-state index in [-0.39, 0.29) is 6.10 Å². The van der Waals surface area contributed by atoms with E-state index in [4.69, 9.17) is 10.5 Å². The van der Waals surface area contributed by atoms with E-state index in [2.05, 4.69) is 34.1 Å². The van der Waals surface area contributed by atoms with Gasteiger partial charge in [-0.15, -0.1) is 0 Å². The van der Waals surface area contributed by atoms with Gasteiger partial charge in [-0.3, -0.25) is 4.90 Å². The van der Waals surface area contributed by atoms with Crippen LogP contribution in [0.5, 0.6) is 0 Å². The summed E-state index contributed by atoms with van der Waals surface area (Å²) in [5.74, 6) is 0. The zero-order valence-electron chi connectivity index (χ0n) is 12.8. The predicted octanol–water partition coefficient (Wildman–Crippen LogP) is 1.27. The maximum Gasteiger partial charge on any atom is 0.0954 e. The average molecular weight is 289 g/mol. The van der Waals surface area contributed by atoms with E-state index in [9.17, 15) is 0 Å². The average Bonchev–Trinajstić information content (AvgIpc) is 2.74. The lowest BCUT2D eigenvalue weighted by molar-refractivity contribution is 0.0167. The van der Waals surface area contributed by atoms with Gasteiger partial charge < -0.3 is 15.4 Å². The Morgan fingerprint density at radius 3 is 2.81 bits per heavy atom. The number of ether oxygens (including phenoxy) is 1. The van der Waals surface area contributed by atoms with Gasteiger partial charge in [0.05, 0.1) is 12.7 Å². The summed E-state index contributed by atoms with van der Waals surface area (Å²) in [6, 6.07) is 8.75. The van der Waals surface area contributed by atoms with Crippen LogP contribution in [0.15, 0.2) is 24.3 Å². The molecule has 1 aromatic rings. The second-order valence-electron chi connectivity index (χ2n) is 6.09. The monoisotopic (exact) mass is 289 g/mol. The lowest BCUT2D eigenvalue weighted by Crippen LogP contribution is -2.36. The summed E-state index contributed by atoms with van der Waals surface area (Å²) < 4.78 is 6.05. The van der Waals surface area contributed by atoms with Gasteiger partial charge in [-0.05, 0) is 37.1 Å². The van der Waals surface area contributed by atoms with Gasteiger partial charge in [-0.2, -0.15) is 0 Å². The molecule has 2 heterocycles. The first-order valence-electron chi connectivity index (χ1n) is 8.21. The summed E-state index contributed by atoms with van der Waals surface area (Å²) in [4.78, 5) is 5.04. The predicted molar refractivity (Wildman–Crippen MR) is 85.4 cm³/mol. The van der Waals surface area contributed by atoms with Crippen LogP contribution in [0.25, 0.3) is 0 Å². The van der Waals surface area contributed by atoms with Crippen molar-refractivity contribution in [2.45, 2.75) is 18.9 Å². The van der Waals surface area contributed by atoms with E-state index in [0.717, 1.165) is 45.8 Å². The van der Waals surface area contributed by atoms with Crippen molar-refractivity contribution in [3.8, 4) is 0 Å². The number of fused-ring (bicyclic) bond motifs is 1. The molecular weight excluding hydrogens is 262 g/mol. The van der Waals surface area contributed by atoms with Crippen LogP contribution in [-0.4, -0.2) is 62.2 Å². The first kappa shape index (κ1) is 15.0. The Bertz CT molecular complexity index is 451. The fourth-order valence-corrected chi connectivity index (χ4v) is 3.48.